The molecule has 1 aliphatic heterocycles. The van der Waals surface area contributed by atoms with E-state index in [-0.39, 0.29) is 30.6 Å². The van der Waals surface area contributed by atoms with E-state index in [2.05, 4.69) is 81.6 Å². The predicted octanol–water partition coefficient (Wildman–Crippen LogP) is 3.03. The number of likely N-dealkylation sites (N-methyl/N-ethyl adjacent to an activating group) is 1. The highest BCUT2D eigenvalue weighted by Gasteiger charge is 2.57. The zero-order chi connectivity index (χ0) is 26.0. The van der Waals surface area contributed by atoms with Crippen molar-refractivity contribution in [2.24, 2.45) is 29.1 Å². The van der Waals surface area contributed by atoms with Gasteiger partial charge in [0.15, 0.2) is 0 Å². The molecular weight excluding hydrogens is 452 g/mol. The third kappa shape index (κ3) is 6.13. The Morgan fingerprint density at radius 3 is 2.72 bits per heavy atom. The van der Waals surface area contributed by atoms with Crippen molar-refractivity contribution < 1.29 is 14.7 Å². The van der Waals surface area contributed by atoms with Crippen LogP contribution in [0.5, 0.6) is 0 Å². The fraction of sp³-hybridized carbons (Fsp3) is 0.759. The van der Waals surface area contributed by atoms with Crippen LogP contribution in [-0.2, 0) is 22.7 Å². The molecule has 7 nitrogen and oxygen atoms in total. The lowest BCUT2D eigenvalue weighted by Gasteiger charge is -2.40. The van der Waals surface area contributed by atoms with Crippen LogP contribution in [0.15, 0.2) is 24.3 Å². The van der Waals surface area contributed by atoms with Gasteiger partial charge in [-0.15, -0.1) is 0 Å². The number of aliphatic hydroxyl groups is 1. The van der Waals surface area contributed by atoms with Gasteiger partial charge in [0.1, 0.15) is 12.1 Å². The van der Waals surface area contributed by atoms with Crippen molar-refractivity contribution in [2.45, 2.75) is 78.2 Å². The average molecular weight is 501 g/mol. The topological polar surface area (TPSA) is 77.1 Å². The van der Waals surface area contributed by atoms with E-state index >= 15 is 0 Å². The number of aliphatic hydroxyl groups excluding tert-OH is 1. The van der Waals surface area contributed by atoms with Crippen LogP contribution < -0.4 is 10.6 Å². The zero-order valence-corrected chi connectivity index (χ0v) is 23.2. The summed E-state index contributed by atoms with van der Waals surface area (Å²) in [4.78, 5) is 22.2. The van der Waals surface area contributed by atoms with E-state index in [4.69, 9.17) is 4.84 Å². The number of amides is 1. The van der Waals surface area contributed by atoms with Crippen molar-refractivity contribution in [1.29, 1.82) is 0 Å². The molecule has 3 fully saturated rings. The van der Waals surface area contributed by atoms with Crippen molar-refractivity contribution in [3.63, 3.8) is 0 Å². The maximum atomic E-state index is 13.8. The molecule has 1 amide bonds. The van der Waals surface area contributed by atoms with Crippen LogP contribution in [0, 0.1) is 29.1 Å². The number of hydrogen-bond acceptors (Lipinski definition) is 6. The lowest BCUT2D eigenvalue weighted by Crippen LogP contribution is -2.53. The number of nitrogens with one attached hydrogen (secondary N) is 2. The first-order valence-corrected chi connectivity index (χ1v) is 13.9. The smallest absolute Gasteiger partial charge is 0.240 e. The molecule has 1 aromatic carbocycles. The van der Waals surface area contributed by atoms with Crippen molar-refractivity contribution in [2.75, 3.05) is 33.8 Å². The summed E-state index contributed by atoms with van der Waals surface area (Å²) in [5.41, 5.74) is 2.70. The Balaban J connectivity index is 1.44. The number of hydrogen-bond donors (Lipinski definition) is 3. The number of carbonyl (C=O) groups excluding carboxylic acids is 1. The van der Waals surface area contributed by atoms with Crippen LogP contribution in [0.3, 0.4) is 0 Å². The van der Waals surface area contributed by atoms with Gasteiger partial charge in [-0.1, -0.05) is 52.0 Å². The van der Waals surface area contributed by atoms with Gasteiger partial charge in [-0.2, -0.15) is 5.06 Å². The molecular formula is C29H48N4O3. The molecule has 7 heteroatoms. The maximum Gasteiger partial charge on any atom is 0.240 e. The molecule has 1 aromatic rings. The van der Waals surface area contributed by atoms with E-state index in [1.165, 1.54) is 12.0 Å². The van der Waals surface area contributed by atoms with E-state index in [0.717, 1.165) is 44.0 Å². The molecule has 7 atom stereocenters. The fourth-order valence-electron chi connectivity index (χ4n) is 6.94. The molecule has 3 aliphatic rings. The quantitative estimate of drug-likeness (QED) is 0.406. The molecule has 36 heavy (non-hydrogen) atoms. The Morgan fingerprint density at radius 1 is 1.28 bits per heavy atom. The van der Waals surface area contributed by atoms with Gasteiger partial charge < -0.3 is 20.6 Å². The number of nitrogens with zero attached hydrogens (tertiary/aromatic N) is 2. The van der Waals surface area contributed by atoms with Crippen molar-refractivity contribution in [3.05, 3.63) is 35.4 Å². The van der Waals surface area contributed by atoms with Crippen molar-refractivity contribution in [3.8, 4) is 0 Å². The minimum atomic E-state index is -0.395. The van der Waals surface area contributed by atoms with Gasteiger partial charge in [0, 0.05) is 31.6 Å². The van der Waals surface area contributed by atoms with Gasteiger partial charge in [-0.05, 0) is 67.7 Å². The molecule has 2 unspecified atom stereocenters. The molecule has 2 aliphatic carbocycles. The summed E-state index contributed by atoms with van der Waals surface area (Å²) < 4.78 is 0. The highest BCUT2D eigenvalue weighted by atomic mass is 16.7. The Hall–Kier alpha value is -1.51. The van der Waals surface area contributed by atoms with E-state index in [1.54, 1.807) is 0 Å². The highest BCUT2D eigenvalue weighted by Crippen LogP contribution is 2.60. The van der Waals surface area contributed by atoms with Crippen LogP contribution in [0.2, 0.25) is 0 Å². The van der Waals surface area contributed by atoms with Gasteiger partial charge in [-0.3, -0.25) is 9.63 Å². The molecule has 202 valence electrons. The number of carbonyl (C=O) groups is 1. The third-order valence-corrected chi connectivity index (χ3v) is 8.85. The summed E-state index contributed by atoms with van der Waals surface area (Å²) >= 11 is 0. The van der Waals surface area contributed by atoms with Gasteiger partial charge >= 0.3 is 0 Å². The second-order valence-electron chi connectivity index (χ2n) is 12.4. The van der Waals surface area contributed by atoms with Gasteiger partial charge in [-0.25, -0.2) is 0 Å². The third-order valence-electron chi connectivity index (χ3n) is 8.85. The Morgan fingerprint density at radius 2 is 2.03 bits per heavy atom. The normalized spacial score (nSPS) is 33.5. The molecule has 0 spiro atoms. The number of rotatable bonds is 11. The van der Waals surface area contributed by atoms with E-state index in [0.29, 0.717) is 23.8 Å². The summed E-state index contributed by atoms with van der Waals surface area (Å²) in [7, 11) is 4.15. The Bertz CT molecular complexity index is 889. The first-order valence-electron chi connectivity index (χ1n) is 13.9. The molecule has 4 rings (SSSR count). The molecule has 0 radical (unpaired) electrons. The van der Waals surface area contributed by atoms with Crippen LogP contribution in [0.25, 0.3) is 0 Å². The van der Waals surface area contributed by atoms with Crippen LogP contribution in [0.1, 0.15) is 58.1 Å². The van der Waals surface area contributed by atoms with Gasteiger partial charge in [0.05, 0.1) is 13.2 Å². The summed E-state index contributed by atoms with van der Waals surface area (Å²) in [6.07, 6.45) is 2.81. The lowest BCUT2D eigenvalue weighted by molar-refractivity contribution is -0.182. The number of benzene rings is 1. The zero-order valence-electron chi connectivity index (χ0n) is 23.2. The first kappa shape index (κ1) is 27.5. The molecule has 3 N–H and O–H groups in total. The second kappa shape index (κ2) is 11.5. The average Bonchev–Trinajstić information content (AvgIpc) is 3.56. The monoisotopic (exact) mass is 500 g/mol. The standard InChI is InChI=1S/C29H48N4O3/c1-7-22-25(18-34)36-33(17-21-10-8-9-20(13-21)16-30-11-12-32(5)6)27(22)28(35)31-26-19(2)15-29(3,4)24-14-23(24)26/h8-10,13,19,22-27,30,34H,7,11-12,14-18H2,1-6H3,(H,31,35)/t19-,22?,23?,24+,25-,26+,27-/m0/s1. The van der Waals surface area contributed by atoms with E-state index in [1.807, 2.05) is 5.06 Å². The predicted molar refractivity (Wildman–Crippen MR) is 143 cm³/mol. The SMILES string of the molecule is CCC1[C@H](CO)ON(Cc2cccc(CNCCN(C)C)c2)[C@@H]1C(=O)N[C@H]1C2C[C@H]2C(C)(C)C[C@@H]1C. The number of hydroxylamine groups is 2. The van der Waals surface area contributed by atoms with Crippen LogP contribution in [-0.4, -0.2) is 73.0 Å². The summed E-state index contributed by atoms with van der Waals surface area (Å²) in [5, 5.41) is 18.8. The molecule has 0 bridgehead atoms. The van der Waals surface area contributed by atoms with Crippen LogP contribution >= 0.6 is 0 Å². The Kier molecular flexibility index (Phi) is 8.78. The first-order chi connectivity index (χ1) is 17.1. The second-order valence-corrected chi connectivity index (χ2v) is 12.4. The molecule has 1 saturated heterocycles. The fourth-order valence-corrected chi connectivity index (χ4v) is 6.94. The maximum absolute atomic E-state index is 13.8. The van der Waals surface area contributed by atoms with Gasteiger partial charge in [0.2, 0.25) is 5.91 Å². The minimum absolute atomic E-state index is 0.0313. The van der Waals surface area contributed by atoms with Crippen molar-refractivity contribution >= 4 is 5.91 Å². The van der Waals surface area contributed by atoms with Crippen LogP contribution in [0.4, 0.5) is 0 Å². The highest BCUT2D eigenvalue weighted by molar-refractivity contribution is 5.82. The molecule has 1 heterocycles. The number of fused-ring (bicyclic) bond motifs is 1. The lowest BCUT2D eigenvalue weighted by atomic mass is 9.70. The summed E-state index contributed by atoms with van der Waals surface area (Å²) in [6, 6.07) is 8.32. The Labute approximate surface area is 217 Å². The van der Waals surface area contributed by atoms with E-state index in [9.17, 15) is 9.90 Å². The molecule has 2 saturated carbocycles. The largest absolute Gasteiger partial charge is 0.394 e. The van der Waals surface area contributed by atoms with Gasteiger partial charge in [0.25, 0.3) is 0 Å². The summed E-state index contributed by atoms with van der Waals surface area (Å²) in [5.74, 6) is 1.80. The van der Waals surface area contributed by atoms with Crippen molar-refractivity contribution in [1.82, 2.24) is 20.6 Å². The molecule has 0 aromatic heterocycles. The minimum Gasteiger partial charge on any atom is -0.394 e. The summed E-state index contributed by atoms with van der Waals surface area (Å²) in [6.45, 7) is 12.3. The van der Waals surface area contributed by atoms with E-state index < -0.39 is 6.04 Å².